The van der Waals surface area contributed by atoms with E-state index in [2.05, 4.69) is 23.5 Å². The summed E-state index contributed by atoms with van der Waals surface area (Å²) in [6, 6.07) is 6.23. The molecule has 2 unspecified atom stereocenters. The minimum absolute atomic E-state index is 0.332. The van der Waals surface area contributed by atoms with E-state index in [-0.39, 0.29) is 0 Å². The molecular formula is C14H24N4O2S. The topological polar surface area (TPSA) is 101 Å². The summed E-state index contributed by atoms with van der Waals surface area (Å²) >= 11 is 0. The highest BCUT2D eigenvalue weighted by Gasteiger charge is 2.24. The Morgan fingerprint density at radius 1 is 1.19 bits per heavy atom. The van der Waals surface area contributed by atoms with Crippen molar-refractivity contribution in [2.45, 2.75) is 51.6 Å². The van der Waals surface area contributed by atoms with Gasteiger partial charge in [-0.1, -0.05) is 12.8 Å². The monoisotopic (exact) mass is 312 g/mol. The van der Waals surface area contributed by atoms with Gasteiger partial charge in [-0.05, 0) is 44.9 Å². The molecule has 1 fully saturated rings. The maximum Gasteiger partial charge on any atom is 0.296 e. The van der Waals surface area contributed by atoms with E-state index >= 15 is 0 Å². The number of hydrogen-bond donors (Lipinski definition) is 3. The van der Waals surface area contributed by atoms with E-state index in [0.29, 0.717) is 23.5 Å². The van der Waals surface area contributed by atoms with Gasteiger partial charge in [0.2, 0.25) is 0 Å². The first-order valence-electron chi connectivity index (χ1n) is 7.26. The molecule has 6 nitrogen and oxygen atoms in total. The first-order chi connectivity index (χ1) is 9.78. The summed E-state index contributed by atoms with van der Waals surface area (Å²) in [6.45, 7) is 4.40. The summed E-state index contributed by atoms with van der Waals surface area (Å²) in [5.74, 6) is 0. The van der Waals surface area contributed by atoms with E-state index in [1.165, 1.54) is 12.8 Å². The van der Waals surface area contributed by atoms with Crippen molar-refractivity contribution in [2.24, 2.45) is 5.14 Å². The molecule has 5 N–H and O–H groups in total. The Balaban J connectivity index is 2.36. The number of hydrogen-bond acceptors (Lipinski definition) is 4. The second-order valence-electron chi connectivity index (χ2n) is 5.81. The van der Waals surface area contributed by atoms with Crippen LogP contribution in [0.1, 0.15) is 39.5 Å². The highest BCUT2D eigenvalue weighted by atomic mass is 32.2. The van der Waals surface area contributed by atoms with Gasteiger partial charge in [0.05, 0.1) is 11.4 Å². The third-order valence-electron chi connectivity index (χ3n) is 4.03. The largest absolute Gasteiger partial charge is 0.397 e. The van der Waals surface area contributed by atoms with E-state index in [0.717, 1.165) is 18.5 Å². The molecule has 118 valence electrons. The lowest BCUT2D eigenvalue weighted by molar-refractivity contribution is 0.558. The number of anilines is 3. The van der Waals surface area contributed by atoms with E-state index < -0.39 is 10.2 Å². The van der Waals surface area contributed by atoms with Crippen LogP contribution in [0, 0.1) is 0 Å². The van der Waals surface area contributed by atoms with E-state index in [4.69, 9.17) is 10.9 Å². The average Bonchev–Trinajstić information content (AvgIpc) is 2.52. The molecule has 21 heavy (non-hydrogen) atoms. The van der Waals surface area contributed by atoms with Crippen molar-refractivity contribution in [3.8, 4) is 0 Å². The van der Waals surface area contributed by atoms with E-state index in [1.807, 2.05) is 6.07 Å². The van der Waals surface area contributed by atoms with Gasteiger partial charge < -0.3 is 10.6 Å². The highest BCUT2D eigenvalue weighted by Crippen LogP contribution is 2.32. The molecule has 1 aromatic rings. The van der Waals surface area contributed by atoms with Crippen molar-refractivity contribution in [1.29, 1.82) is 0 Å². The number of nitrogen functional groups attached to an aromatic ring is 1. The molecule has 1 aliphatic rings. The zero-order chi connectivity index (χ0) is 15.6. The highest BCUT2D eigenvalue weighted by molar-refractivity contribution is 7.90. The SMILES string of the molecule is CC1CCCCC(C)N1c1ccc(N)c(NS(N)(=O)=O)c1. The summed E-state index contributed by atoms with van der Waals surface area (Å²) < 4.78 is 24.7. The Labute approximate surface area is 126 Å². The van der Waals surface area contributed by atoms with Gasteiger partial charge in [0.25, 0.3) is 10.2 Å². The Kier molecular flexibility index (Phi) is 4.63. The lowest BCUT2D eigenvalue weighted by atomic mass is 10.1. The van der Waals surface area contributed by atoms with E-state index in [1.54, 1.807) is 12.1 Å². The molecule has 1 heterocycles. The zero-order valence-electron chi connectivity index (χ0n) is 12.5. The molecule has 1 saturated heterocycles. The first kappa shape index (κ1) is 15.9. The minimum Gasteiger partial charge on any atom is -0.397 e. The summed E-state index contributed by atoms with van der Waals surface area (Å²) in [6.07, 6.45) is 4.71. The number of nitrogens with zero attached hydrogens (tertiary/aromatic N) is 1. The number of rotatable bonds is 3. The molecule has 2 atom stereocenters. The number of nitrogens with one attached hydrogen (secondary N) is 1. The van der Waals surface area contributed by atoms with Gasteiger partial charge in [-0.2, -0.15) is 8.42 Å². The molecule has 1 aliphatic heterocycles. The average molecular weight is 312 g/mol. The Morgan fingerprint density at radius 3 is 2.29 bits per heavy atom. The zero-order valence-corrected chi connectivity index (χ0v) is 13.4. The quantitative estimate of drug-likeness (QED) is 0.743. The molecule has 0 amide bonds. The van der Waals surface area contributed by atoms with Crippen LogP contribution >= 0.6 is 0 Å². The second-order valence-corrected chi connectivity index (χ2v) is 7.10. The Hall–Kier alpha value is -1.47. The lowest BCUT2D eigenvalue weighted by Gasteiger charge is -2.35. The van der Waals surface area contributed by atoms with Crippen LogP contribution in [0.3, 0.4) is 0 Å². The minimum atomic E-state index is -3.83. The van der Waals surface area contributed by atoms with Crippen molar-refractivity contribution in [3.63, 3.8) is 0 Å². The number of benzene rings is 1. The smallest absolute Gasteiger partial charge is 0.296 e. The maximum absolute atomic E-state index is 11.2. The van der Waals surface area contributed by atoms with Gasteiger partial charge in [-0.25, -0.2) is 5.14 Å². The van der Waals surface area contributed by atoms with Crippen molar-refractivity contribution in [3.05, 3.63) is 18.2 Å². The third-order valence-corrected chi connectivity index (χ3v) is 4.54. The van der Waals surface area contributed by atoms with Crippen LogP contribution in [0.2, 0.25) is 0 Å². The summed E-state index contributed by atoms with van der Waals surface area (Å²) in [5.41, 5.74) is 7.49. The molecule has 0 aliphatic carbocycles. The summed E-state index contributed by atoms with van der Waals surface area (Å²) in [5, 5.41) is 5.04. The summed E-state index contributed by atoms with van der Waals surface area (Å²) in [4.78, 5) is 2.33. The van der Waals surface area contributed by atoms with Crippen LogP contribution < -0.4 is 20.5 Å². The molecule has 1 aromatic carbocycles. The van der Waals surface area contributed by atoms with Crippen molar-refractivity contribution < 1.29 is 8.42 Å². The van der Waals surface area contributed by atoms with Crippen LogP contribution in [0.5, 0.6) is 0 Å². The number of nitrogens with two attached hydrogens (primary N) is 2. The predicted molar refractivity (Wildman–Crippen MR) is 87.5 cm³/mol. The molecule has 0 radical (unpaired) electrons. The van der Waals surface area contributed by atoms with Gasteiger partial charge >= 0.3 is 0 Å². The Morgan fingerprint density at radius 2 is 1.76 bits per heavy atom. The molecule has 7 heteroatoms. The van der Waals surface area contributed by atoms with Crippen molar-refractivity contribution >= 4 is 27.3 Å². The fraction of sp³-hybridized carbons (Fsp3) is 0.571. The van der Waals surface area contributed by atoms with Crippen LogP contribution in [0.25, 0.3) is 0 Å². The van der Waals surface area contributed by atoms with Crippen LogP contribution in [-0.4, -0.2) is 20.5 Å². The van der Waals surface area contributed by atoms with Crippen LogP contribution in [0.4, 0.5) is 17.1 Å². The van der Waals surface area contributed by atoms with Crippen molar-refractivity contribution in [2.75, 3.05) is 15.4 Å². The summed E-state index contributed by atoms with van der Waals surface area (Å²) in [7, 11) is -3.83. The standard InChI is InChI=1S/C14H24N4O2S/c1-10-5-3-4-6-11(2)18(10)12-7-8-13(15)14(9-12)17-21(16,19)20/h7-11,17H,3-6,15H2,1-2H3,(H2,16,19,20). The third kappa shape index (κ3) is 4.01. The lowest BCUT2D eigenvalue weighted by Crippen LogP contribution is -2.39. The Bertz CT molecular complexity index is 591. The molecule has 0 bridgehead atoms. The fourth-order valence-corrected chi connectivity index (χ4v) is 3.53. The fourth-order valence-electron chi connectivity index (χ4n) is 3.05. The maximum atomic E-state index is 11.2. The van der Waals surface area contributed by atoms with Gasteiger partial charge in [0, 0.05) is 17.8 Å². The van der Waals surface area contributed by atoms with Gasteiger partial charge in [-0.3, -0.25) is 4.72 Å². The second kappa shape index (κ2) is 6.11. The molecule has 2 rings (SSSR count). The predicted octanol–water partition coefficient (Wildman–Crippen LogP) is 2.04. The van der Waals surface area contributed by atoms with Gasteiger partial charge in [-0.15, -0.1) is 0 Å². The first-order valence-corrected chi connectivity index (χ1v) is 8.81. The molecule has 0 spiro atoms. The van der Waals surface area contributed by atoms with Crippen molar-refractivity contribution in [1.82, 2.24) is 0 Å². The van der Waals surface area contributed by atoms with Gasteiger partial charge in [0.1, 0.15) is 0 Å². The van der Waals surface area contributed by atoms with Crippen LogP contribution in [0.15, 0.2) is 18.2 Å². The van der Waals surface area contributed by atoms with E-state index in [9.17, 15) is 8.42 Å². The van der Waals surface area contributed by atoms with Gasteiger partial charge in [0.15, 0.2) is 0 Å². The molecule has 0 saturated carbocycles. The van der Waals surface area contributed by atoms with Crippen LogP contribution in [-0.2, 0) is 10.2 Å². The molecule has 0 aromatic heterocycles. The molecular weight excluding hydrogens is 288 g/mol. The normalized spacial score (nSPS) is 23.7.